The summed E-state index contributed by atoms with van der Waals surface area (Å²) >= 11 is 0. The summed E-state index contributed by atoms with van der Waals surface area (Å²) in [6.45, 7) is 0.656. The Labute approximate surface area is 239 Å². The van der Waals surface area contributed by atoms with Crippen molar-refractivity contribution in [3.8, 4) is 5.75 Å². The molecular weight excluding hydrogens is 544 g/mol. The van der Waals surface area contributed by atoms with Crippen molar-refractivity contribution in [2.45, 2.75) is 36.9 Å². The van der Waals surface area contributed by atoms with Crippen LogP contribution in [0.4, 0.5) is 0 Å². The second kappa shape index (κ2) is 13.0. The Morgan fingerprint density at radius 2 is 1.61 bits per heavy atom. The summed E-state index contributed by atoms with van der Waals surface area (Å²) in [6.07, 6.45) is 1.38. The third-order valence-electron chi connectivity index (χ3n) is 7.05. The number of nitrogens with one attached hydrogen (secondary N) is 4. The molecule has 0 saturated carbocycles. The molecule has 11 nitrogen and oxygen atoms in total. The first kappa shape index (κ1) is 29.9. The van der Waals surface area contributed by atoms with Crippen molar-refractivity contribution in [2.24, 2.45) is 10.9 Å². The number of methoxy groups -OCH3 is 1. The number of ether oxygens (including phenoxy) is 1. The highest BCUT2D eigenvalue weighted by atomic mass is 32.2. The van der Waals surface area contributed by atoms with E-state index in [1.54, 1.807) is 66.7 Å². The maximum atomic E-state index is 14.1. The molecule has 216 valence electrons. The summed E-state index contributed by atoms with van der Waals surface area (Å²) in [4.78, 5) is 27.9. The standard InChI is InChI=1S/C29H34N6O5S/c1-40-23-17-20(14-15-21(23)28(30)31)25(27(36)22-13-8-16-33-22)34-29(37)26(35-41(32,38)39)24(18-9-4-2-5-10-18)19-11-6-3-7-12-19/h2-7,9-12,14-15,17,22,24-26,33,35H,8,13,16H2,1H3,(H3,30,31)(H,34,37)(H2,32,38,39)/t22-,25?,26+/m0/s1. The fraction of sp³-hybridized carbons (Fsp3) is 0.276. The zero-order valence-corrected chi connectivity index (χ0v) is 23.4. The third kappa shape index (κ3) is 7.35. The Morgan fingerprint density at radius 3 is 2.10 bits per heavy atom. The SMILES string of the molecule is COc1cc(C(NC(=O)[C@H](NS(N)(=O)=O)C(c2ccccc2)c2ccccc2)C(=O)[C@@H]2CCCN2)ccc1C(=N)N. The van der Waals surface area contributed by atoms with Crippen molar-refractivity contribution < 1.29 is 22.7 Å². The molecule has 3 atom stereocenters. The van der Waals surface area contributed by atoms with E-state index in [0.29, 0.717) is 35.2 Å². The fourth-order valence-corrected chi connectivity index (χ4v) is 5.73. The van der Waals surface area contributed by atoms with Crippen LogP contribution in [0.2, 0.25) is 0 Å². The Balaban J connectivity index is 1.79. The smallest absolute Gasteiger partial charge is 0.275 e. The summed E-state index contributed by atoms with van der Waals surface area (Å²) < 4.78 is 32.4. The molecule has 0 spiro atoms. The van der Waals surface area contributed by atoms with Gasteiger partial charge in [-0.1, -0.05) is 66.7 Å². The Kier molecular flexibility index (Phi) is 9.50. The topological polar surface area (TPSA) is 189 Å². The minimum absolute atomic E-state index is 0.219. The van der Waals surface area contributed by atoms with Crippen LogP contribution in [0.5, 0.6) is 5.75 Å². The van der Waals surface area contributed by atoms with Gasteiger partial charge in [0.05, 0.1) is 18.7 Å². The molecule has 1 amide bonds. The lowest BCUT2D eigenvalue weighted by atomic mass is 9.84. The second-order valence-electron chi connectivity index (χ2n) is 9.81. The van der Waals surface area contributed by atoms with Gasteiger partial charge >= 0.3 is 0 Å². The van der Waals surface area contributed by atoms with Crippen molar-refractivity contribution in [3.05, 3.63) is 101 Å². The number of carbonyl (C=O) groups excluding carboxylic acids is 2. The largest absolute Gasteiger partial charge is 0.496 e. The Morgan fingerprint density at radius 1 is 1.00 bits per heavy atom. The van der Waals surface area contributed by atoms with Crippen molar-refractivity contribution in [1.82, 2.24) is 15.4 Å². The number of Topliss-reactive ketones (excluding diaryl/α,β-unsaturated/α-hetero) is 1. The first-order valence-electron chi connectivity index (χ1n) is 13.1. The molecule has 0 bridgehead atoms. The zero-order valence-electron chi connectivity index (χ0n) is 22.5. The number of hydrogen-bond donors (Lipinski definition) is 6. The average molecular weight is 579 g/mol. The summed E-state index contributed by atoms with van der Waals surface area (Å²) in [5, 5.41) is 19.2. The average Bonchev–Trinajstić information content (AvgIpc) is 3.50. The zero-order chi connectivity index (χ0) is 29.6. The van der Waals surface area contributed by atoms with Gasteiger partial charge in [0, 0.05) is 5.92 Å². The van der Waals surface area contributed by atoms with Crippen molar-refractivity contribution in [3.63, 3.8) is 0 Å². The van der Waals surface area contributed by atoms with Crippen LogP contribution < -0.4 is 31.0 Å². The molecule has 1 heterocycles. The Bertz CT molecular complexity index is 1460. The maximum absolute atomic E-state index is 14.1. The van der Waals surface area contributed by atoms with Gasteiger partial charge in [-0.3, -0.25) is 15.0 Å². The van der Waals surface area contributed by atoms with Gasteiger partial charge in [0.15, 0.2) is 5.78 Å². The molecule has 1 aliphatic rings. The van der Waals surface area contributed by atoms with E-state index in [2.05, 4.69) is 15.4 Å². The highest BCUT2D eigenvalue weighted by Crippen LogP contribution is 2.31. The highest BCUT2D eigenvalue weighted by molar-refractivity contribution is 7.87. The van der Waals surface area contributed by atoms with E-state index in [1.807, 2.05) is 12.1 Å². The van der Waals surface area contributed by atoms with E-state index in [0.717, 1.165) is 6.42 Å². The summed E-state index contributed by atoms with van der Waals surface area (Å²) in [5.74, 6) is -1.77. The van der Waals surface area contributed by atoms with Crippen LogP contribution in [0.1, 0.15) is 47.1 Å². The monoisotopic (exact) mass is 578 g/mol. The first-order valence-corrected chi connectivity index (χ1v) is 14.6. The van der Waals surface area contributed by atoms with Gasteiger partial charge in [0.1, 0.15) is 23.7 Å². The second-order valence-corrected chi connectivity index (χ2v) is 11.1. The minimum atomic E-state index is -4.36. The quantitative estimate of drug-likeness (QED) is 0.138. The van der Waals surface area contributed by atoms with Crippen molar-refractivity contribution in [2.75, 3.05) is 13.7 Å². The molecule has 12 heteroatoms. The molecular formula is C29H34N6O5S. The summed E-state index contributed by atoms with van der Waals surface area (Å²) in [6, 6.07) is 19.6. The van der Waals surface area contributed by atoms with E-state index in [-0.39, 0.29) is 17.4 Å². The maximum Gasteiger partial charge on any atom is 0.275 e. The molecule has 3 aromatic rings. The van der Waals surface area contributed by atoms with Crippen LogP contribution in [0.25, 0.3) is 0 Å². The number of carbonyl (C=O) groups is 2. The van der Waals surface area contributed by atoms with E-state index < -0.39 is 40.2 Å². The van der Waals surface area contributed by atoms with E-state index in [4.69, 9.17) is 21.0 Å². The molecule has 3 aromatic carbocycles. The fourth-order valence-electron chi connectivity index (χ4n) is 5.14. The predicted octanol–water partition coefficient (Wildman–Crippen LogP) is 1.45. The number of benzene rings is 3. The number of nitrogen functional groups attached to an aromatic ring is 1. The molecule has 8 N–H and O–H groups in total. The predicted molar refractivity (Wildman–Crippen MR) is 156 cm³/mol. The molecule has 4 rings (SSSR count). The highest BCUT2D eigenvalue weighted by Gasteiger charge is 2.38. The number of ketones is 1. The normalized spacial score (nSPS) is 16.6. The van der Waals surface area contributed by atoms with Gasteiger partial charge in [0.25, 0.3) is 10.2 Å². The number of amidine groups is 1. The molecule has 0 aliphatic carbocycles. The number of nitrogens with two attached hydrogens (primary N) is 2. The van der Waals surface area contributed by atoms with Crippen LogP contribution in [0.15, 0.2) is 78.9 Å². The molecule has 1 aliphatic heterocycles. The van der Waals surface area contributed by atoms with Gasteiger partial charge in [-0.25, -0.2) is 5.14 Å². The van der Waals surface area contributed by atoms with Crippen LogP contribution >= 0.6 is 0 Å². The first-order chi connectivity index (χ1) is 19.6. The molecule has 1 unspecified atom stereocenters. The molecule has 41 heavy (non-hydrogen) atoms. The van der Waals surface area contributed by atoms with Gasteiger partial charge < -0.3 is 21.1 Å². The van der Waals surface area contributed by atoms with Gasteiger partial charge in [-0.05, 0) is 48.2 Å². The number of hydrogen-bond acceptors (Lipinski definition) is 7. The Hall–Kier alpha value is -4.10. The lowest BCUT2D eigenvalue weighted by Gasteiger charge is -2.30. The molecule has 0 radical (unpaired) electrons. The van der Waals surface area contributed by atoms with E-state index >= 15 is 0 Å². The molecule has 0 aromatic heterocycles. The lowest BCUT2D eigenvalue weighted by molar-refractivity contribution is -0.130. The van der Waals surface area contributed by atoms with Crippen molar-refractivity contribution in [1.29, 1.82) is 5.41 Å². The third-order valence-corrected chi connectivity index (χ3v) is 7.63. The molecule has 1 saturated heterocycles. The van der Waals surface area contributed by atoms with Gasteiger partial charge in [-0.2, -0.15) is 13.1 Å². The van der Waals surface area contributed by atoms with Crippen molar-refractivity contribution >= 4 is 27.7 Å². The number of amides is 1. The minimum Gasteiger partial charge on any atom is -0.496 e. The number of rotatable bonds is 12. The van der Waals surface area contributed by atoms with Crippen LogP contribution in [0, 0.1) is 5.41 Å². The van der Waals surface area contributed by atoms with Crippen LogP contribution in [-0.4, -0.2) is 51.7 Å². The van der Waals surface area contributed by atoms with Crippen LogP contribution in [0.3, 0.4) is 0 Å². The molecule has 1 fully saturated rings. The van der Waals surface area contributed by atoms with Gasteiger partial charge in [0.2, 0.25) is 5.91 Å². The lowest BCUT2D eigenvalue weighted by Crippen LogP contribution is -2.54. The summed E-state index contributed by atoms with van der Waals surface area (Å²) in [7, 11) is -2.94. The summed E-state index contributed by atoms with van der Waals surface area (Å²) in [5.41, 5.74) is 7.74. The van der Waals surface area contributed by atoms with Gasteiger partial charge in [-0.15, -0.1) is 0 Å². The van der Waals surface area contributed by atoms with E-state index in [1.165, 1.54) is 7.11 Å². The van der Waals surface area contributed by atoms with E-state index in [9.17, 15) is 18.0 Å². The van der Waals surface area contributed by atoms with Crippen LogP contribution in [-0.2, 0) is 19.8 Å².